The van der Waals surface area contributed by atoms with Crippen molar-refractivity contribution in [2.24, 2.45) is 5.92 Å². The van der Waals surface area contributed by atoms with Crippen molar-refractivity contribution in [1.82, 2.24) is 19.9 Å². The van der Waals surface area contributed by atoms with E-state index < -0.39 is 11.3 Å². The fourth-order valence-corrected chi connectivity index (χ4v) is 4.00. The highest BCUT2D eigenvalue weighted by Crippen LogP contribution is 2.33. The fraction of sp³-hybridized carbons (Fsp3) is 0.136. The molecule has 2 N–H and O–H groups in total. The zero-order valence-corrected chi connectivity index (χ0v) is 17.9. The van der Waals surface area contributed by atoms with Crippen molar-refractivity contribution in [1.29, 1.82) is 5.26 Å². The predicted octanol–water partition coefficient (Wildman–Crippen LogP) is 3.17. The van der Waals surface area contributed by atoms with E-state index in [4.69, 9.17) is 5.26 Å². The lowest BCUT2D eigenvalue weighted by atomic mass is 10.1. The number of anilines is 3. The normalized spacial score (nSPS) is 13.9. The molecule has 1 fully saturated rings. The van der Waals surface area contributed by atoms with Crippen LogP contribution < -0.4 is 9.62 Å². The van der Waals surface area contributed by atoms with E-state index in [-0.39, 0.29) is 23.5 Å². The molecule has 0 saturated heterocycles. The van der Waals surface area contributed by atoms with E-state index in [0.717, 1.165) is 28.1 Å². The molecule has 3 aromatic heterocycles. The van der Waals surface area contributed by atoms with E-state index in [1.807, 2.05) is 12.1 Å². The lowest BCUT2D eigenvalue weighted by Gasteiger charge is -2.26. The van der Waals surface area contributed by atoms with Crippen LogP contribution in [0.4, 0.5) is 17.3 Å². The van der Waals surface area contributed by atoms with Crippen LogP contribution in [-0.2, 0) is 16.1 Å². The van der Waals surface area contributed by atoms with Crippen molar-refractivity contribution >= 4 is 45.5 Å². The molecule has 1 aliphatic carbocycles. The first-order valence-electron chi connectivity index (χ1n) is 10.1. The summed E-state index contributed by atoms with van der Waals surface area (Å²) in [4.78, 5) is 28.1. The number of fused-ring (bicyclic) bond motifs is 1. The van der Waals surface area contributed by atoms with Crippen LogP contribution in [0.2, 0.25) is 0 Å². The number of pyridine rings is 1. The number of aromatic nitrogens is 4. The second kappa shape index (κ2) is 8.42. The molecule has 0 radical (unpaired) electrons. The minimum atomic E-state index is -2.61. The zero-order chi connectivity index (χ0) is 22.9. The Morgan fingerprint density at radius 2 is 1.91 bits per heavy atom. The second-order valence-electron chi connectivity index (χ2n) is 7.47. The van der Waals surface area contributed by atoms with Crippen LogP contribution in [0, 0.1) is 17.2 Å². The van der Waals surface area contributed by atoms with Crippen LogP contribution in [0.25, 0.3) is 22.3 Å². The molecule has 3 heterocycles. The highest BCUT2D eigenvalue weighted by Gasteiger charge is 2.30. The van der Waals surface area contributed by atoms with Gasteiger partial charge in [-0.3, -0.25) is 18.6 Å². The molecule has 10 nitrogen and oxygen atoms in total. The second-order valence-corrected chi connectivity index (χ2v) is 8.27. The summed E-state index contributed by atoms with van der Waals surface area (Å²) < 4.78 is 24.9. The van der Waals surface area contributed by atoms with E-state index >= 15 is 0 Å². The molecular formula is C22H16N7O3S-. The number of nitrogens with zero attached hydrogens (tertiary/aromatic N) is 5. The number of hydrogen-bond donors (Lipinski definition) is 2. The van der Waals surface area contributed by atoms with Gasteiger partial charge < -0.3 is 9.54 Å². The van der Waals surface area contributed by atoms with Gasteiger partial charge in [0.2, 0.25) is 11.9 Å². The number of nitriles is 1. The first-order valence-corrected chi connectivity index (χ1v) is 11.1. The Hall–Kier alpha value is -4.14. The topological polar surface area (TPSA) is 151 Å². The van der Waals surface area contributed by atoms with E-state index in [1.165, 1.54) is 18.3 Å². The van der Waals surface area contributed by atoms with Gasteiger partial charge >= 0.3 is 0 Å². The summed E-state index contributed by atoms with van der Waals surface area (Å²) >= 11 is -2.61. The van der Waals surface area contributed by atoms with Crippen molar-refractivity contribution in [2.75, 3.05) is 9.62 Å². The standard InChI is InChI=1S/C22H17N7O3S/c23-11-15-5-8-17(12-25-15)29(33(31)32)16-6-3-13(4-7-16)19-18-9-10-24-20(18)27-22(26-19)28-21(30)14-1-2-14/h3-10,12,14H,1-2H2,(H,31,32)(H2,24,26,27,28,30)/p-1. The van der Waals surface area contributed by atoms with Gasteiger partial charge in [0.1, 0.15) is 17.4 Å². The summed E-state index contributed by atoms with van der Waals surface area (Å²) in [5.74, 6) is 0.144. The highest BCUT2D eigenvalue weighted by molar-refractivity contribution is 7.81. The molecule has 5 rings (SSSR count). The number of carbonyl (C=O) groups is 1. The monoisotopic (exact) mass is 458 g/mol. The molecule has 1 aliphatic rings. The summed E-state index contributed by atoms with van der Waals surface area (Å²) in [5.41, 5.74) is 2.79. The number of aromatic amines is 1. The SMILES string of the molecule is N#Cc1ccc(N(c2ccc(-c3nc(NC(=O)C4CC4)nc4[nH]ccc34)cc2)S(=O)[O-])cn1. The van der Waals surface area contributed by atoms with E-state index in [2.05, 4.69) is 25.3 Å². The van der Waals surface area contributed by atoms with Crippen molar-refractivity contribution in [3.8, 4) is 17.3 Å². The maximum Gasteiger partial charge on any atom is 0.232 e. The van der Waals surface area contributed by atoms with Crippen LogP contribution in [-0.4, -0.2) is 34.6 Å². The van der Waals surface area contributed by atoms with E-state index in [0.29, 0.717) is 22.7 Å². The van der Waals surface area contributed by atoms with Gasteiger partial charge in [0.05, 0.1) is 34.5 Å². The molecule has 164 valence electrons. The van der Waals surface area contributed by atoms with Gasteiger partial charge in [0.15, 0.2) is 0 Å². The first kappa shape index (κ1) is 20.7. The third-order valence-electron chi connectivity index (χ3n) is 5.22. The minimum Gasteiger partial charge on any atom is -0.755 e. The zero-order valence-electron chi connectivity index (χ0n) is 17.1. The van der Waals surface area contributed by atoms with Crippen LogP contribution in [0.5, 0.6) is 0 Å². The molecule has 1 atom stereocenters. The smallest absolute Gasteiger partial charge is 0.232 e. The summed E-state index contributed by atoms with van der Waals surface area (Å²) in [7, 11) is 0. The molecule has 1 amide bonds. The van der Waals surface area contributed by atoms with E-state index in [9.17, 15) is 13.6 Å². The van der Waals surface area contributed by atoms with Gasteiger partial charge in [-0.25, -0.2) is 9.97 Å². The van der Waals surface area contributed by atoms with Gasteiger partial charge in [-0.2, -0.15) is 10.2 Å². The minimum absolute atomic E-state index is 0.0198. The maximum atomic E-state index is 12.2. The number of carbonyl (C=O) groups excluding carboxylic acids is 1. The highest BCUT2D eigenvalue weighted by atomic mass is 32.2. The van der Waals surface area contributed by atoms with Crippen molar-refractivity contribution in [3.63, 3.8) is 0 Å². The maximum absolute atomic E-state index is 12.2. The summed E-state index contributed by atoms with van der Waals surface area (Å²) in [6, 6.07) is 13.5. The Balaban J connectivity index is 1.49. The van der Waals surface area contributed by atoms with Crippen LogP contribution in [0.15, 0.2) is 54.9 Å². The molecule has 1 saturated carbocycles. The molecule has 0 spiro atoms. The van der Waals surface area contributed by atoms with Gasteiger partial charge in [-0.15, -0.1) is 0 Å². The summed E-state index contributed by atoms with van der Waals surface area (Å²) in [5, 5.41) is 12.4. The number of rotatable bonds is 6. The lowest BCUT2D eigenvalue weighted by molar-refractivity contribution is -0.117. The van der Waals surface area contributed by atoms with Crippen molar-refractivity contribution in [2.45, 2.75) is 12.8 Å². The van der Waals surface area contributed by atoms with Crippen molar-refractivity contribution in [3.05, 3.63) is 60.6 Å². The molecule has 0 bridgehead atoms. The average molecular weight is 458 g/mol. The number of amides is 1. The molecule has 1 unspecified atom stereocenters. The number of nitrogens with one attached hydrogen (secondary N) is 2. The van der Waals surface area contributed by atoms with Gasteiger partial charge in [-0.05, 0) is 43.2 Å². The Kier molecular flexibility index (Phi) is 5.29. The number of hydrogen-bond acceptors (Lipinski definition) is 7. The fourth-order valence-electron chi connectivity index (χ4n) is 3.42. The van der Waals surface area contributed by atoms with Crippen LogP contribution in [0.3, 0.4) is 0 Å². The van der Waals surface area contributed by atoms with Crippen LogP contribution in [0.1, 0.15) is 18.5 Å². The third kappa shape index (κ3) is 4.17. The molecule has 0 aliphatic heterocycles. The first-order chi connectivity index (χ1) is 16.0. The van der Waals surface area contributed by atoms with Gasteiger partial charge in [-0.1, -0.05) is 12.1 Å². The van der Waals surface area contributed by atoms with E-state index in [1.54, 1.807) is 30.5 Å². The van der Waals surface area contributed by atoms with Crippen molar-refractivity contribution < 1.29 is 13.6 Å². The van der Waals surface area contributed by atoms with Gasteiger partial charge in [0.25, 0.3) is 0 Å². The molecule has 1 aromatic carbocycles. The molecule has 11 heteroatoms. The van der Waals surface area contributed by atoms with Crippen LogP contribution >= 0.6 is 0 Å². The molecule has 33 heavy (non-hydrogen) atoms. The summed E-state index contributed by atoms with van der Waals surface area (Å²) in [6.45, 7) is 0. The quantitative estimate of drug-likeness (QED) is 0.421. The van der Waals surface area contributed by atoms with Gasteiger partial charge in [0, 0.05) is 23.1 Å². The average Bonchev–Trinajstić information content (AvgIpc) is 3.57. The Labute approximate surface area is 190 Å². The third-order valence-corrected chi connectivity index (χ3v) is 5.94. The Morgan fingerprint density at radius 3 is 2.55 bits per heavy atom. The molecular weight excluding hydrogens is 442 g/mol. The number of H-pyrrole nitrogens is 1. The Bertz CT molecular complexity index is 1410. The largest absolute Gasteiger partial charge is 0.755 e. The number of benzene rings is 1. The Morgan fingerprint density at radius 1 is 1.15 bits per heavy atom. The predicted molar refractivity (Wildman–Crippen MR) is 121 cm³/mol. The summed E-state index contributed by atoms with van der Waals surface area (Å²) in [6.07, 6.45) is 4.81. The molecule has 4 aromatic rings. The lowest BCUT2D eigenvalue weighted by Crippen LogP contribution is -2.19.